The van der Waals surface area contributed by atoms with E-state index in [0.717, 1.165) is 0 Å². The van der Waals surface area contributed by atoms with E-state index < -0.39 is 0 Å². The van der Waals surface area contributed by atoms with Crippen LogP contribution < -0.4 is 5.32 Å². The van der Waals surface area contributed by atoms with E-state index in [1.807, 2.05) is 20.8 Å². The lowest BCUT2D eigenvalue weighted by Gasteiger charge is -2.19. The minimum Gasteiger partial charge on any atom is -0.469 e. The van der Waals surface area contributed by atoms with E-state index in [0.29, 0.717) is 17.7 Å². The third kappa shape index (κ3) is 2.85. The molecule has 0 fully saturated rings. The first-order valence-corrected chi connectivity index (χ1v) is 5.58. The van der Waals surface area contributed by atoms with Crippen LogP contribution in [0.2, 0.25) is 0 Å². The van der Waals surface area contributed by atoms with Gasteiger partial charge in [0.05, 0.1) is 24.5 Å². The Labute approximate surface area is 95.7 Å². The summed E-state index contributed by atoms with van der Waals surface area (Å²) in [5.41, 5.74) is 0.557. The Morgan fingerprint density at radius 2 is 2.25 bits per heavy atom. The van der Waals surface area contributed by atoms with Crippen molar-refractivity contribution in [2.75, 3.05) is 6.61 Å². The number of hydrogen-bond donors (Lipinski definition) is 2. The Balaban J connectivity index is 2.71. The fourth-order valence-corrected chi connectivity index (χ4v) is 1.49. The van der Waals surface area contributed by atoms with E-state index in [4.69, 9.17) is 9.52 Å². The summed E-state index contributed by atoms with van der Waals surface area (Å²) < 4.78 is 5.19. The van der Waals surface area contributed by atoms with Crippen LogP contribution in [0.3, 0.4) is 0 Å². The highest BCUT2D eigenvalue weighted by atomic mass is 16.3. The number of aliphatic hydroxyl groups is 1. The van der Waals surface area contributed by atoms with Crippen molar-refractivity contribution in [2.45, 2.75) is 33.2 Å². The molecule has 90 valence electrons. The molecule has 1 unspecified atom stereocenters. The molecule has 1 aromatic heterocycles. The summed E-state index contributed by atoms with van der Waals surface area (Å²) in [6, 6.07) is 1.44. The summed E-state index contributed by atoms with van der Waals surface area (Å²) in [7, 11) is 0. The molecule has 16 heavy (non-hydrogen) atoms. The quantitative estimate of drug-likeness (QED) is 0.800. The number of carbonyl (C=O) groups is 1. The third-order valence-corrected chi connectivity index (χ3v) is 2.63. The zero-order valence-electron chi connectivity index (χ0n) is 9.99. The second-order valence-electron chi connectivity index (χ2n) is 4.12. The molecule has 0 aromatic carbocycles. The van der Waals surface area contributed by atoms with Gasteiger partial charge in [-0.1, -0.05) is 20.8 Å². The van der Waals surface area contributed by atoms with Gasteiger partial charge < -0.3 is 14.8 Å². The molecule has 4 nitrogen and oxygen atoms in total. The zero-order valence-corrected chi connectivity index (χ0v) is 9.99. The predicted octanol–water partition coefficient (Wildman–Crippen LogP) is 1.59. The van der Waals surface area contributed by atoms with Crippen molar-refractivity contribution in [1.29, 1.82) is 0 Å². The smallest absolute Gasteiger partial charge is 0.255 e. The Hall–Kier alpha value is -1.29. The normalized spacial score (nSPS) is 12.8. The topological polar surface area (TPSA) is 62.5 Å². The molecule has 1 atom stereocenters. The van der Waals surface area contributed by atoms with Gasteiger partial charge >= 0.3 is 0 Å². The van der Waals surface area contributed by atoms with Gasteiger partial charge in [0.1, 0.15) is 5.76 Å². The molecule has 0 saturated carbocycles. The molecule has 0 saturated heterocycles. The number of furan rings is 1. The van der Waals surface area contributed by atoms with Gasteiger partial charge in [0, 0.05) is 6.42 Å². The molecule has 0 radical (unpaired) electrons. The van der Waals surface area contributed by atoms with Crippen molar-refractivity contribution in [3.8, 4) is 0 Å². The van der Waals surface area contributed by atoms with Gasteiger partial charge in [-0.25, -0.2) is 0 Å². The number of hydrogen-bond acceptors (Lipinski definition) is 3. The minimum absolute atomic E-state index is 0.0529. The summed E-state index contributed by atoms with van der Waals surface area (Å²) in [6.07, 6.45) is 2.19. The van der Waals surface area contributed by atoms with E-state index in [2.05, 4.69) is 5.32 Å². The molecule has 0 spiro atoms. The monoisotopic (exact) mass is 225 g/mol. The maximum atomic E-state index is 11.9. The van der Waals surface area contributed by atoms with Crippen molar-refractivity contribution >= 4 is 5.91 Å². The van der Waals surface area contributed by atoms with Crippen LogP contribution in [0.15, 0.2) is 16.7 Å². The van der Waals surface area contributed by atoms with Gasteiger partial charge in [0.15, 0.2) is 0 Å². The molecule has 0 bridgehead atoms. The largest absolute Gasteiger partial charge is 0.469 e. The average molecular weight is 225 g/mol. The highest BCUT2D eigenvalue weighted by Gasteiger charge is 2.19. The lowest BCUT2D eigenvalue weighted by Crippen LogP contribution is -2.41. The van der Waals surface area contributed by atoms with Crippen LogP contribution in [0.4, 0.5) is 0 Å². The number of nitrogens with one attached hydrogen (secondary N) is 1. The summed E-state index contributed by atoms with van der Waals surface area (Å²) >= 11 is 0. The number of amides is 1. The van der Waals surface area contributed by atoms with Gasteiger partial charge in [-0.05, 0) is 12.0 Å². The summed E-state index contributed by atoms with van der Waals surface area (Å²) in [6.45, 7) is 5.79. The Kier molecular flexibility index (Phi) is 4.55. The molecule has 0 aliphatic carbocycles. The van der Waals surface area contributed by atoms with Crippen molar-refractivity contribution in [3.05, 3.63) is 23.7 Å². The molecular formula is C12H19NO3. The van der Waals surface area contributed by atoms with E-state index >= 15 is 0 Å². The lowest BCUT2D eigenvalue weighted by molar-refractivity contribution is 0.0895. The molecule has 0 aliphatic heterocycles. The number of aryl methyl sites for hydroxylation is 1. The molecule has 2 N–H and O–H groups in total. The van der Waals surface area contributed by atoms with Crippen LogP contribution in [0.5, 0.6) is 0 Å². The van der Waals surface area contributed by atoms with Gasteiger partial charge in [-0.2, -0.15) is 0 Å². The molecule has 1 aromatic rings. The fraction of sp³-hybridized carbons (Fsp3) is 0.583. The third-order valence-electron chi connectivity index (χ3n) is 2.63. The van der Waals surface area contributed by atoms with Gasteiger partial charge in [-0.15, -0.1) is 0 Å². The van der Waals surface area contributed by atoms with Gasteiger partial charge in [0.25, 0.3) is 5.91 Å². The van der Waals surface area contributed by atoms with Gasteiger partial charge in [-0.3, -0.25) is 4.79 Å². The van der Waals surface area contributed by atoms with Crippen molar-refractivity contribution < 1.29 is 14.3 Å². The first-order chi connectivity index (χ1) is 7.60. The fourth-order valence-electron chi connectivity index (χ4n) is 1.49. The molecular weight excluding hydrogens is 206 g/mol. The number of aliphatic hydroxyl groups excluding tert-OH is 1. The Morgan fingerprint density at radius 3 is 2.75 bits per heavy atom. The zero-order chi connectivity index (χ0) is 12.1. The van der Waals surface area contributed by atoms with Crippen molar-refractivity contribution in [1.82, 2.24) is 5.32 Å². The van der Waals surface area contributed by atoms with E-state index in [-0.39, 0.29) is 24.5 Å². The molecule has 4 heteroatoms. The molecule has 1 amide bonds. The average Bonchev–Trinajstić information content (AvgIpc) is 2.72. The number of rotatable bonds is 5. The van der Waals surface area contributed by atoms with E-state index in [1.165, 1.54) is 6.26 Å². The number of carbonyl (C=O) groups excluding carboxylic acids is 1. The van der Waals surface area contributed by atoms with Crippen molar-refractivity contribution in [2.24, 2.45) is 5.92 Å². The van der Waals surface area contributed by atoms with Crippen LogP contribution in [0.25, 0.3) is 0 Å². The lowest BCUT2D eigenvalue weighted by atomic mass is 10.0. The van der Waals surface area contributed by atoms with Crippen LogP contribution in [-0.2, 0) is 6.42 Å². The SMILES string of the molecule is CCc1occc1C(=O)NC(CO)C(C)C. The maximum absolute atomic E-state index is 11.9. The van der Waals surface area contributed by atoms with E-state index in [9.17, 15) is 4.79 Å². The second kappa shape index (κ2) is 5.70. The van der Waals surface area contributed by atoms with Gasteiger partial charge in [0.2, 0.25) is 0 Å². The Morgan fingerprint density at radius 1 is 1.56 bits per heavy atom. The van der Waals surface area contributed by atoms with Crippen LogP contribution >= 0.6 is 0 Å². The van der Waals surface area contributed by atoms with Crippen LogP contribution in [0, 0.1) is 5.92 Å². The first-order valence-electron chi connectivity index (χ1n) is 5.58. The van der Waals surface area contributed by atoms with E-state index in [1.54, 1.807) is 6.07 Å². The summed E-state index contributed by atoms with van der Waals surface area (Å²) in [5, 5.41) is 11.9. The van der Waals surface area contributed by atoms with Crippen LogP contribution in [0.1, 0.15) is 36.9 Å². The predicted molar refractivity (Wildman–Crippen MR) is 61.3 cm³/mol. The Bertz CT molecular complexity index is 344. The second-order valence-corrected chi connectivity index (χ2v) is 4.12. The first kappa shape index (κ1) is 12.8. The highest BCUT2D eigenvalue weighted by Crippen LogP contribution is 2.12. The minimum atomic E-state index is -0.216. The standard InChI is InChI=1S/C12H19NO3/c1-4-11-9(5-6-16-11)12(15)13-10(7-14)8(2)3/h5-6,8,10,14H,4,7H2,1-3H3,(H,13,15). The maximum Gasteiger partial charge on any atom is 0.255 e. The molecule has 0 aliphatic rings. The summed E-state index contributed by atoms with van der Waals surface area (Å²) in [5.74, 6) is 0.697. The van der Waals surface area contributed by atoms with Crippen LogP contribution in [-0.4, -0.2) is 23.7 Å². The summed E-state index contributed by atoms with van der Waals surface area (Å²) in [4.78, 5) is 11.9. The molecule has 1 rings (SSSR count). The van der Waals surface area contributed by atoms with Crippen molar-refractivity contribution in [3.63, 3.8) is 0 Å². The highest BCUT2D eigenvalue weighted by molar-refractivity contribution is 5.95. The molecule has 1 heterocycles.